The summed E-state index contributed by atoms with van der Waals surface area (Å²) in [4.78, 5) is 27.3. The van der Waals surface area contributed by atoms with Gasteiger partial charge in [-0.1, -0.05) is 12.8 Å². The number of nitrogens with one attached hydrogen (secondary N) is 1. The molecule has 0 aromatic heterocycles. The Kier molecular flexibility index (Phi) is 6.72. The van der Waals surface area contributed by atoms with Crippen molar-refractivity contribution in [3.63, 3.8) is 0 Å². The molecule has 1 saturated carbocycles. The number of ether oxygens (including phenoxy) is 2. The van der Waals surface area contributed by atoms with E-state index in [4.69, 9.17) is 9.47 Å². The van der Waals surface area contributed by atoms with E-state index < -0.39 is 0 Å². The molecule has 2 amide bonds. The molecule has 1 aromatic carbocycles. The topological polar surface area (TPSA) is 67.9 Å². The van der Waals surface area contributed by atoms with Gasteiger partial charge in [0.2, 0.25) is 11.8 Å². The third kappa shape index (κ3) is 5.45. The Balaban J connectivity index is 1.57. The van der Waals surface area contributed by atoms with Crippen LogP contribution in [0.3, 0.4) is 0 Å². The quantitative estimate of drug-likeness (QED) is 0.796. The Morgan fingerprint density at radius 2 is 1.78 bits per heavy atom. The van der Waals surface area contributed by atoms with Crippen LogP contribution in [0.4, 0.5) is 5.69 Å². The molecule has 1 aliphatic carbocycles. The van der Waals surface area contributed by atoms with Gasteiger partial charge in [0.05, 0.1) is 19.8 Å². The lowest BCUT2D eigenvalue weighted by Gasteiger charge is -2.33. The summed E-state index contributed by atoms with van der Waals surface area (Å²) in [6, 6.07) is 7.41. The molecular formula is C21H30N2O4. The molecule has 1 saturated heterocycles. The molecule has 1 aromatic rings. The summed E-state index contributed by atoms with van der Waals surface area (Å²) in [5, 5.41) is 2.98. The first-order chi connectivity index (χ1) is 13.1. The Morgan fingerprint density at radius 1 is 1.11 bits per heavy atom. The molecule has 3 rings (SSSR count). The summed E-state index contributed by atoms with van der Waals surface area (Å²) in [5.41, 5.74) is 0.557. The van der Waals surface area contributed by atoms with Gasteiger partial charge in [-0.25, -0.2) is 0 Å². The van der Waals surface area contributed by atoms with E-state index in [1.54, 1.807) is 0 Å². The van der Waals surface area contributed by atoms with Crippen molar-refractivity contribution in [1.29, 1.82) is 0 Å². The van der Waals surface area contributed by atoms with Gasteiger partial charge in [-0.05, 0) is 49.4 Å². The standard InChI is InChI=1S/C21H30N2O4/c1-2-27-18-7-5-17(6-8-18)22-19(24)15-21(9-3-4-10-21)16-20(25)23-11-13-26-14-12-23/h5-8H,2-4,9-16H2,1H3,(H,22,24). The maximum Gasteiger partial charge on any atom is 0.224 e. The highest BCUT2D eigenvalue weighted by Gasteiger charge is 2.39. The number of rotatable bonds is 7. The fourth-order valence-corrected chi connectivity index (χ4v) is 4.13. The van der Waals surface area contributed by atoms with Gasteiger partial charge in [0.25, 0.3) is 0 Å². The number of morpholine rings is 1. The molecule has 0 atom stereocenters. The maximum atomic E-state index is 12.7. The third-order valence-corrected chi connectivity index (χ3v) is 5.54. The average Bonchev–Trinajstić information content (AvgIpc) is 3.12. The second-order valence-corrected chi connectivity index (χ2v) is 7.56. The minimum atomic E-state index is -0.204. The third-order valence-electron chi connectivity index (χ3n) is 5.54. The molecule has 27 heavy (non-hydrogen) atoms. The van der Waals surface area contributed by atoms with Crippen molar-refractivity contribution < 1.29 is 19.1 Å². The van der Waals surface area contributed by atoms with E-state index in [0.29, 0.717) is 45.8 Å². The highest BCUT2D eigenvalue weighted by Crippen LogP contribution is 2.44. The van der Waals surface area contributed by atoms with Crippen molar-refractivity contribution in [2.24, 2.45) is 5.41 Å². The van der Waals surface area contributed by atoms with Crippen LogP contribution in [0.15, 0.2) is 24.3 Å². The van der Waals surface area contributed by atoms with E-state index in [9.17, 15) is 9.59 Å². The number of carbonyl (C=O) groups excluding carboxylic acids is 2. The van der Waals surface area contributed by atoms with Crippen LogP contribution in [0.5, 0.6) is 5.75 Å². The van der Waals surface area contributed by atoms with E-state index in [0.717, 1.165) is 37.1 Å². The van der Waals surface area contributed by atoms with Gasteiger partial charge < -0.3 is 19.7 Å². The van der Waals surface area contributed by atoms with Gasteiger partial charge in [-0.3, -0.25) is 9.59 Å². The van der Waals surface area contributed by atoms with Crippen molar-refractivity contribution in [3.05, 3.63) is 24.3 Å². The summed E-state index contributed by atoms with van der Waals surface area (Å²) in [5.74, 6) is 0.934. The largest absolute Gasteiger partial charge is 0.494 e. The summed E-state index contributed by atoms with van der Waals surface area (Å²) in [6.45, 7) is 5.09. The van der Waals surface area contributed by atoms with Crippen LogP contribution in [0.25, 0.3) is 0 Å². The molecule has 6 heteroatoms. The molecule has 0 radical (unpaired) electrons. The summed E-state index contributed by atoms with van der Waals surface area (Å²) in [6.07, 6.45) is 4.93. The van der Waals surface area contributed by atoms with Crippen LogP contribution in [0.2, 0.25) is 0 Å². The van der Waals surface area contributed by atoms with Gasteiger partial charge >= 0.3 is 0 Å². The molecule has 2 aliphatic rings. The van der Waals surface area contributed by atoms with Gasteiger partial charge in [-0.2, -0.15) is 0 Å². The predicted molar refractivity (Wildman–Crippen MR) is 104 cm³/mol. The van der Waals surface area contributed by atoms with Crippen LogP contribution >= 0.6 is 0 Å². The number of nitrogens with zero attached hydrogens (tertiary/aromatic N) is 1. The minimum Gasteiger partial charge on any atom is -0.494 e. The van der Waals surface area contributed by atoms with E-state index in [2.05, 4.69) is 5.32 Å². The minimum absolute atomic E-state index is 0.0177. The van der Waals surface area contributed by atoms with Crippen LogP contribution in [0, 0.1) is 5.41 Å². The Morgan fingerprint density at radius 3 is 2.41 bits per heavy atom. The van der Waals surface area contributed by atoms with Crippen molar-refractivity contribution in [2.75, 3.05) is 38.2 Å². The smallest absolute Gasteiger partial charge is 0.224 e. The number of benzene rings is 1. The van der Waals surface area contributed by atoms with Gasteiger partial charge in [-0.15, -0.1) is 0 Å². The monoisotopic (exact) mass is 374 g/mol. The molecule has 1 aliphatic heterocycles. The zero-order chi connectivity index (χ0) is 19.1. The first-order valence-corrected chi connectivity index (χ1v) is 9.98. The number of anilines is 1. The summed E-state index contributed by atoms with van der Waals surface area (Å²) < 4.78 is 10.8. The van der Waals surface area contributed by atoms with E-state index in [1.807, 2.05) is 36.1 Å². The van der Waals surface area contributed by atoms with Gasteiger partial charge in [0.15, 0.2) is 0 Å². The highest BCUT2D eigenvalue weighted by atomic mass is 16.5. The van der Waals surface area contributed by atoms with Crippen molar-refractivity contribution in [1.82, 2.24) is 4.90 Å². The van der Waals surface area contributed by atoms with Crippen molar-refractivity contribution in [2.45, 2.75) is 45.4 Å². The zero-order valence-corrected chi connectivity index (χ0v) is 16.2. The Bertz CT molecular complexity index is 632. The first kappa shape index (κ1) is 19.7. The number of hydrogen-bond donors (Lipinski definition) is 1. The Labute approximate surface area is 161 Å². The molecule has 2 fully saturated rings. The van der Waals surface area contributed by atoms with Crippen molar-refractivity contribution >= 4 is 17.5 Å². The molecule has 0 bridgehead atoms. The average molecular weight is 374 g/mol. The van der Waals surface area contributed by atoms with Crippen LogP contribution in [-0.2, 0) is 14.3 Å². The number of carbonyl (C=O) groups is 2. The number of amides is 2. The second-order valence-electron chi connectivity index (χ2n) is 7.56. The molecule has 1 N–H and O–H groups in total. The second kappa shape index (κ2) is 9.22. The van der Waals surface area contributed by atoms with Gasteiger partial charge in [0, 0.05) is 31.6 Å². The molecule has 1 heterocycles. The lowest BCUT2D eigenvalue weighted by Crippen LogP contribution is -2.43. The molecule has 148 valence electrons. The molecule has 6 nitrogen and oxygen atoms in total. The lowest BCUT2D eigenvalue weighted by atomic mass is 9.78. The zero-order valence-electron chi connectivity index (χ0n) is 16.2. The van der Waals surface area contributed by atoms with Gasteiger partial charge in [0.1, 0.15) is 5.75 Å². The fourth-order valence-electron chi connectivity index (χ4n) is 4.13. The summed E-state index contributed by atoms with van der Waals surface area (Å²) >= 11 is 0. The van der Waals surface area contributed by atoms with E-state index >= 15 is 0 Å². The maximum absolute atomic E-state index is 12.7. The van der Waals surface area contributed by atoms with Crippen LogP contribution in [-0.4, -0.2) is 49.6 Å². The molecule has 0 unspecified atom stereocenters. The Hall–Kier alpha value is -2.08. The number of hydrogen-bond acceptors (Lipinski definition) is 4. The summed E-state index contributed by atoms with van der Waals surface area (Å²) in [7, 11) is 0. The normalized spacial score (nSPS) is 18.9. The van der Waals surface area contributed by atoms with Crippen molar-refractivity contribution in [3.8, 4) is 5.75 Å². The SMILES string of the molecule is CCOc1ccc(NC(=O)CC2(CC(=O)N3CCOCC3)CCCC2)cc1. The van der Waals surface area contributed by atoms with E-state index in [1.165, 1.54) is 0 Å². The fraction of sp³-hybridized carbons (Fsp3) is 0.619. The predicted octanol–water partition coefficient (Wildman–Crippen LogP) is 3.22. The van der Waals surface area contributed by atoms with Crippen LogP contribution in [0.1, 0.15) is 45.4 Å². The first-order valence-electron chi connectivity index (χ1n) is 9.98. The molecule has 0 spiro atoms. The highest BCUT2D eigenvalue weighted by molar-refractivity contribution is 5.91. The molecular weight excluding hydrogens is 344 g/mol. The van der Waals surface area contributed by atoms with E-state index in [-0.39, 0.29) is 17.2 Å². The lowest BCUT2D eigenvalue weighted by molar-refractivity contribution is -0.138. The van der Waals surface area contributed by atoms with Crippen LogP contribution < -0.4 is 10.1 Å².